The normalized spacial score (nSPS) is 13.3. The smallest absolute Gasteiger partial charge is 0.0851 e. The lowest BCUT2D eigenvalue weighted by Crippen LogP contribution is -1.72. The van der Waals surface area contributed by atoms with E-state index in [1.165, 1.54) is 0 Å². The van der Waals surface area contributed by atoms with Gasteiger partial charge in [-0.3, -0.25) is 4.99 Å². The van der Waals surface area contributed by atoms with Gasteiger partial charge in [0.25, 0.3) is 0 Å². The fourth-order valence-electron chi connectivity index (χ4n) is 0.241. The molecule has 0 saturated carbocycles. The summed E-state index contributed by atoms with van der Waals surface area (Å²) < 4.78 is 0. The fourth-order valence-corrected chi connectivity index (χ4v) is 0.241. The van der Waals surface area contributed by atoms with Gasteiger partial charge in [0.05, 0.1) is 6.21 Å². The summed E-state index contributed by atoms with van der Waals surface area (Å²) in [5, 5.41) is 0. The van der Waals surface area contributed by atoms with Crippen LogP contribution >= 0.6 is 0 Å². The van der Waals surface area contributed by atoms with Crippen molar-refractivity contribution in [3.05, 3.63) is 11.6 Å². The van der Waals surface area contributed by atoms with E-state index in [0.717, 1.165) is 5.57 Å². The van der Waals surface area contributed by atoms with Crippen LogP contribution < -0.4 is 0 Å². The summed E-state index contributed by atoms with van der Waals surface area (Å²) in [5.41, 5.74) is 1.09. The number of aliphatic imine (C=N–C) groups is 1. The largest absolute Gasteiger partial charge is 0.286 e. The average molecular weight is 96.2 g/mol. The molecule has 0 saturated heterocycles. The Balaban J connectivity index is 3.58. The van der Waals surface area contributed by atoms with Crippen LogP contribution in [0, 0.1) is 0 Å². The number of allylic oxidation sites excluding steroid dienone is 2. The van der Waals surface area contributed by atoms with E-state index in [2.05, 4.69) is 11.2 Å². The van der Waals surface area contributed by atoms with E-state index >= 15 is 0 Å². The summed E-state index contributed by atoms with van der Waals surface area (Å²) in [6, 6.07) is 0. The van der Waals surface area contributed by atoms with Gasteiger partial charge in [-0.15, -0.1) is 0 Å². The SMILES string of the molecule is CC=C(C)/[C]=N/C. The van der Waals surface area contributed by atoms with Gasteiger partial charge in [-0.2, -0.15) is 0 Å². The van der Waals surface area contributed by atoms with E-state index in [1.807, 2.05) is 19.9 Å². The molecule has 1 radical (unpaired) electrons. The Morgan fingerprint density at radius 3 is 2.43 bits per heavy atom. The maximum absolute atomic E-state index is 3.69. The monoisotopic (exact) mass is 96.1 g/mol. The molecular weight excluding hydrogens is 86.1 g/mol. The molecule has 0 aliphatic carbocycles. The van der Waals surface area contributed by atoms with Crippen molar-refractivity contribution in [3.8, 4) is 0 Å². The molecule has 0 rings (SSSR count). The Morgan fingerprint density at radius 1 is 1.71 bits per heavy atom. The minimum Gasteiger partial charge on any atom is -0.286 e. The quantitative estimate of drug-likeness (QED) is 0.439. The summed E-state index contributed by atoms with van der Waals surface area (Å²) >= 11 is 0. The van der Waals surface area contributed by atoms with Crippen molar-refractivity contribution in [1.29, 1.82) is 0 Å². The number of nitrogens with zero attached hydrogens (tertiary/aromatic N) is 1. The molecule has 0 heterocycles. The Labute approximate surface area is 44.8 Å². The van der Waals surface area contributed by atoms with Crippen LogP contribution in [0.3, 0.4) is 0 Å². The van der Waals surface area contributed by atoms with Crippen LogP contribution in [-0.4, -0.2) is 13.3 Å². The second-order valence-corrected chi connectivity index (χ2v) is 1.31. The molecule has 0 aromatic rings. The standard InChI is InChI=1S/C6H10N/c1-4-6(2)5-7-3/h4H,1-3H3. The summed E-state index contributed by atoms with van der Waals surface area (Å²) in [6.07, 6.45) is 4.75. The molecule has 0 spiro atoms. The highest BCUT2D eigenvalue weighted by Crippen LogP contribution is 1.82. The third-order valence-corrected chi connectivity index (χ3v) is 0.721. The van der Waals surface area contributed by atoms with Crippen molar-refractivity contribution in [1.82, 2.24) is 0 Å². The van der Waals surface area contributed by atoms with Crippen molar-refractivity contribution in [2.75, 3.05) is 7.05 Å². The van der Waals surface area contributed by atoms with Gasteiger partial charge < -0.3 is 0 Å². The second kappa shape index (κ2) is 3.59. The number of rotatable bonds is 1. The lowest BCUT2D eigenvalue weighted by molar-refractivity contribution is 1.44. The molecule has 39 valence electrons. The molecule has 0 aliphatic heterocycles. The fraction of sp³-hybridized carbons (Fsp3) is 0.500. The zero-order valence-corrected chi connectivity index (χ0v) is 5.02. The van der Waals surface area contributed by atoms with Crippen molar-refractivity contribution in [2.45, 2.75) is 13.8 Å². The second-order valence-electron chi connectivity index (χ2n) is 1.31. The summed E-state index contributed by atoms with van der Waals surface area (Å²) in [5.74, 6) is 0. The molecular formula is C6H10N. The topological polar surface area (TPSA) is 12.4 Å². The van der Waals surface area contributed by atoms with Gasteiger partial charge in [0.2, 0.25) is 0 Å². The van der Waals surface area contributed by atoms with Gasteiger partial charge in [-0.1, -0.05) is 6.08 Å². The first-order chi connectivity index (χ1) is 3.31. The van der Waals surface area contributed by atoms with Crippen molar-refractivity contribution >= 4 is 6.21 Å². The molecule has 7 heavy (non-hydrogen) atoms. The van der Waals surface area contributed by atoms with E-state index in [0.29, 0.717) is 0 Å². The zero-order chi connectivity index (χ0) is 5.70. The average Bonchev–Trinajstić information content (AvgIpc) is 1.68. The molecule has 0 unspecified atom stereocenters. The molecule has 0 aliphatic rings. The van der Waals surface area contributed by atoms with Gasteiger partial charge in [0, 0.05) is 7.05 Å². The maximum atomic E-state index is 3.69. The van der Waals surface area contributed by atoms with E-state index in [9.17, 15) is 0 Å². The van der Waals surface area contributed by atoms with E-state index in [-0.39, 0.29) is 0 Å². The van der Waals surface area contributed by atoms with Gasteiger partial charge in [-0.05, 0) is 19.4 Å². The Morgan fingerprint density at radius 2 is 2.29 bits per heavy atom. The summed E-state index contributed by atoms with van der Waals surface area (Å²) in [6.45, 7) is 3.93. The zero-order valence-electron chi connectivity index (χ0n) is 5.02. The highest BCUT2D eigenvalue weighted by molar-refractivity contribution is 5.77. The van der Waals surface area contributed by atoms with E-state index in [4.69, 9.17) is 0 Å². The molecule has 0 bridgehead atoms. The summed E-state index contributed by atoms with van der Waals surface area (Å²) in [7, 11) is 1.72. The molecule has 0 aromatic carbocycles. The third-order valence-electron chi connectivity index (χ3n) is 0.721. The van der Waals surface area contributed by atoms with Crippen molar-refractivity contribution in [3.63, 3.8) is 0 Å². The first kappa shape index (κ1) is 6.41. The molecule has 1 nitrogen and oxygen atoms in total. The molecule has 0 N–H and O–H groups in total. The highest BCUT2D eigenvalue weighted by atomic mass is 14.6. The van der Waals surface area contributed by atoms with E-state index in [1.54, 1.807) is 7.05 Å². The Bertz CT molecular complexity index is 90.4. The van der Waals surface area contributed by atoms with Crippen LogP contribution in [0.15, 0.2) is 16.6 Å². The minimum absolute atomic E-state index is 1.09. The first-order valence-corrected chi connectivity index (χ1v) is 2.29. The van der Waals surface area contributed by atoms with Gasteiger partial charge in [0.15, 0.2) is 0 Å². The lowest BCUT2D eigenvalue weighted by atomic mass is 10.3. The summed E-state index contributed by atoms with van der Waals surface area (Å²) in [4.78, 5) is 3.69. The molecule has 0 amide bonds. The third kappa shape index (κ3) is 3.23. The Hall–Kier alpha value is -0.590. The van der Waals surface area contributed by atoms with Crippen LogP contribution in [0.1, 0.15) is 13.8 Å². The predicted molar refractivity (Wildman–Crippen MR) is 32.8 cm³/mol. The van der Waals surface area contributed by atoms with Crippen molar-refractivity contribution in [2.24, 2.45) is 4.99 Å². The van der Waals surface area contributed by atoms with Crippen molar-refractivity contribution < 1.29 is 0 Å². The van der Waals surface area contributed by atoms with Gasteiger partial charge >= 0.3 is 0 Å². The van der Waals surface area contributed by atoms with E-state index < -0.39 is 0 Å². The van der Waals surface area contributed by atoms with Crippen LogP contribution in [0.25, 0.3) is 0 Å². The molecule has 0 aromatic heterocycles. The Kier molecular flexibility index (Phi) is 3.29. The molecule has 0 atom stereocenters. The lowest BCUT2D eigenvalue weighted by Gasteiger charge is -1.79. The van der Waals surface area contributed by atoms with Crippen LogP contribution in [-0.2, 0) is 0 Å². The maximum Gasteiger partial charge on any atom is 0.0851 e. The first-order valence-electron chi connectivity index (χ1n) is 2.29. The molecule has 1 heteroatoms. The van der Waals surface area contributed by atoms with Crippen LogP contribution in [0.4, 0.5) is 0 Å². The van der Waals surface area contributed by atoms with Gasteiger partial charge in [0.1, 0.15) is 0 Å². The molecule has 0 fully saturated rings. The number of hydrogen-bond acceptors (Lipinski definition) is 1. The highest BCUT2D eigenvalue weighted by Gasteiger charge is 1.73. The van der Waals surface area contributed by atoms with Crippen LogP contribution in [0.2, 0.25) is 0 Å². The number of hydrogen-bond donors (Lipinski definition) is 0. The van der Waals surface area contributed by atoms with Gasteiger partial charge in [-0.25, -0.2) is 0 Å². The minimum atomic E-state index is 1.09. The predicted octanol–water partition coefficient (Wildman–Crippen LogP) is 1.53. The van der Waals surface area contributed by atoms with Crippen LogP contribution in [0.5, 0.6) is 0 Å².